The summed E-state index contributed by atoms with van der Waals surface area (Å²) in [4.78, 5) is 9.19. The van der Waals surface area contributed by atoms with E-state index in [-0.39, 0.29) is 0 Å². The number of hydrogen-bond donors (Lipinski definition) is 0. The van der Waals surface area contributed by atoms with Gasteiger partial charge < -0.3 is 4.74 Å². The Hall–Kier alpha value is -2.16. The minimum absolute atomic E-state index is 0.625. The lowest BCUT2D eigenvalue weighted by molar-refractivity contribution is 0.391. The number of ether oxygens (including phenoxy) is 1. The highest BCUT2D eigenvalue weighted by Crippen LogP contribution is 2.21. The van der Waals surface area contributed by atoms with Crippen molar-refractivity contribution < 1.29 is 4.74 Å². The maximum atomic E-state index is 5.37. The SMILES string of the molecule is C/C=C\C(=C/C)CCc1nc2ccccc2nc1OC.CC.CC. The maximum absolute atomic E-state index is 5.37. The molecule has 0 spiro atoms. The number of hydrogen-bond acceptors (Lipinski definition) is 3. The Balaban J connectivity index is 0.00000123. The van der Waals surface area contributed by atoms with Crippen LogP contribution in [0.5, 0.6) is 5.88 Å². The largest absolute Gasteiger partial charge is 0.480 e. The highest BCUT2D eigenvalue weighted by molar-refractivity contribution is 5.74. The van der Waals surface area contributed by atoms with Crippen LogP contribution < -0.4 is 4.74 Å². The van der Waals surface area contributed by atoms with Crippen molar-refractivity contribution in [1.82, 2.24) is 9.97 Å². The van der Waals surface area contributed by atoms with Crippen molar-refractivity contribution in [3.8, 4) is 5.88 Å². The third-order valence-corrected chi connectivity index (χ3v) is 3.20. The van der Waals surface area contributed by atoms with Crippen molar-refractivity contribution in [2.24, 2.45) is 0 Å². The third-order valence-electron chi connectivity index (χ3n) is 3.20. The monoisotopic (exact) mass is 328 g/mol. The van der Waals surface area contributed by atoms with E-state index in [1.54, 1.807) is 7.11 Å². The summed E-state index contributed by atoms with van der Waals surface area (Å²) >= 11 is 0. The molecule has 0 aliphatic heterocycles. The first-order valence-electron chi connectivity index (χ1n) is 8.86. The second-order valence-corrected chi connectivity index (χ2v) is 4.53. The van der Waals surface area contributed by atoms with Crippen LogP contribution in [0.1, 0.15) is 53.7 Å². The number of allylic oxidation sites excluding steroid dienone is 4. The molecule has 0 aliphatic rings. The standard InChI is InChI=1S/C17H20N2O.2C2H6/c1-4-8-13(5-2)11-12-16-17(20-3)19-15-10-7-6-9-14(15)18-16;2*1-2/h4-10H,11-12H2,1-3H3;2*1-2H3/b8-4-,13-5+;;. The predicted octanol–water partition coefficient (Wildman–Crippen LogP) is 6.15. The lowest BCUT2D eigenvalue weighted by Crippen LogP contribution is -2.00. The highest BCUT2D eigenvalue weighted by Gasteiger charge is 2.09. The zero-order valence-corrected chi connectivity index (χ0v) is 16.3. The molecule has 1 heterocycles. The summed E-state index contributed by atoms with van der Waals surface area (Å²) < 4.78 is 5.37. The van der Waals surface area contributed by atoms with Crippen LogP contribution in [0.25, 0.3) is 11.0 Å². The molecule has 2 rings (SSSR count). The Morgan fingerprint density at radius 1 is 1.00 bits per heavy atom. The van der Waals surface area contributed by atoms with Gasteiger partial charge in [-0.3, -0.25) is 0 Å². The molecule has 0 amide bonds. The molecule has 0 atom stereocenters. The van der Waals surface area contributed by atoms with E-state index in [0.717, 1.165) is 29.6 Å². The van der Waals surface area contributed by atoms with Crippen molar-refractivity contribution in [2.45, 2.75) is 54.4 Å². The molecule has 0 fully saturated rings. The van der Waals surface area contributed by atoms with Gasteiger partial charge >= 0.3 is 0 Å². The second-order valence-electron chi connectivity index (χ2n) is 4.53. The van der Waals surface area contributed by atoms with Crippen molar-refractivity contribution in [3.63, 3.8) is 0 Å². The summed E-state index contributed by atoms with van der Waals surface area (Å²) in [6.07, 6.45) is 8.07. The summed E-state index contributed by atoms with van der Waals surface area (Å²) in [7, 11) is 1.64. The Bertz CT molecular complexity index is 645. The Morgan fingerprint density at radius 3 is 2.08 bits per heavy atom. The number of para-hydroxylation sites is 2. The number of benzene rings is 1. The van der Waals surface area contributed by atoms with Crippen LogP contribution in [-0.2, 0) is 6.42 Å². The van der Waals surface area contributed by atoms with E-state index in [0.29, 0.717) is 5.88 Å². The molecule has 0 N–H and O–H groups in total. The van der Waals surface area contributed by atoms with Crippen LogP contribution in [0, 0.1) is 0 Å². The van der Waals surface area contributed by atoms with E-state index >= 15 is 0 Å². The van der Waals surface area contributed by atoms with Crippen molar-refractivity contribution in [3.05, 3.63) is 53.8 Å². The minimum Gasteiger partial charge on any atom is -0.480 e. The van der Waals surface area contributed by atoms with Gasteiger partial charge in [-0.05, 0) is 38.8 Å². The molecule has 0 unspecified atom stereocenters. The number of aryl methyl sites for hydroxylation is 1. The fraction of sp³-hybridized carbons (Fsp3) is 0.429. The van der Waals surface area contributed by atoms with Gasteiger partial charge in [-0.2, -0.15) is 0 Å². The molecule has 0 saturated heterocycles. The van der Waals surface area contributed by atoms with Gasteiger partial charge in [0.1, 0.15) is 5.69 Å². The summed E-state index contributed by atoms with van der Waals surface area (Å²) in [5, 5.41) is 0. The summed E-state index contributed by atoms with van der Waals surface area (Å²) in [5.74, 6) is 0.625. The molecule has 3 nitrogen and oxygen atoms in total. The molecule has 0 aliphatic carbocycles. The number of fused-ring (bicyclic) bond motifs is 1. The Kier molecular flexibility index (Phi) is 12.1. The van der Waals surface area contributed by atoms with Crippen molar-refractivity contribution in [1.29, 1.82) is 0 Å². The normalized spacial score (nSPS) is 10.7. The second kappa shape index (κ2) is 13.3. The average Bonchev–Trinajstić information content (AvgIpc) is 2.67. The predicted molar refractivity (Wildman–Crippen MR) is 106 cm³/mol. The van der Waals surface area contributed by atoms with Crippen molar-refractivity contribution in [2.75, 3.05) is 7.11 Å². The van der Waals surface area contributed by atoms with E-state index < -0.39 is 0 Å². The van der Waals surface area contributed by atoms with E-state index in [1.165, 1.54) is 5.57 Å². The third kappa shape index (κ3) is 6.53. The minimum atomic E-state index is 0.625. The molecule has 0 radical (unpaired) electrons. The average molecular weight is 329 g/mol. The van der Waals surface area contributed by atoms with Crippen LogP contribution in [0.4, 0.5) is 0 Å². The first-order chi connectivity index (χ1) is 11.8. The Labute approximate surface area is 147 Å². The molecule has 2 aromatic rings. The van der Waals surface area contributed by atoms with Gasteiger partial charge in [0.25, 0.3) is 0 Å². The molecule has 1 aromatic carbocycles. The van der Waals surface area contributed by atoms with Gasteiger partial charge in [0.05, 0.1) is 18.1 Å². The first kappa shape index (κ1) is 21.8. The molecule has 132 valence electrons. The smallest absolute Gasteiger partial charge is 0.235 e. The molecule has 24 heavy (non-hydrogen) atoms. The molecular formula is C21H32N2O. The lowest BCUT2D eigenvalue weighted by Gasteiger charge is -2.08. The molecule has 1 aromatic heterocycles. The first-order valence-corrected chi connectivity index (χ1v) is 8.86. The van der Waals surface area contributed by atoms with E-state index in [1.807, 2.05) is 58.9 Å². The number of rotatable bonds is 5. The number of methoxy groups -OCH3 is 1. The fourth-order valence-corrected chi connectivity index (χ4v) is 2.15. The van der Waals surface area contributed by atoms with Gasteiger partial charge in [0.15, 0.2) is 0 Å². The molecule has 0 saturated carbocycles. The van der Waals surface area contributed by atoms with Crippen LogP contribution >= 0.6 is 0 Å². The quantitative estimate of drug-likeness (QED) is 0.618. The maximum Gasteiger partial charge on any atom is 0.235 e. The van der Waals surface area contributed by atoms with Gasteiger partial charge in [0, 0.05) is 0 Å². The van der Waals surface area contributed by atoms with E-state index in [2.05, 4.69) is 35.1 Å². The van der Waals surface area contributed by atoms with Crippen molar-refractivity contribution >= 4 is 11.0 Å². The van der Waals surface area contributed by atoms with Gasteiger partial charge in [-0.1, -0.05) is 63.6 Å². The lowest BCUT2D eigenvalue weighted by atomic mass is 10.1. The molecule has 0 bridgehead atoms. The topological polar surface area (TPSA) is 35.0 Å². The van der Waals surface area contributed by atoms with Gasteiger partial charge in [-0.25, -0.2) is 9.97 Å². The van der Waals surface area contributed by atoms with E-state index in [4.69, 9.17) is 4.74 Å². The van der Waals surface area contributed by atoms with Crippen LogP contribution in [0.3, 0.4) is 0 Å². The van der Waals surface area contributed by atoms with Crippen LogP contribution in [-0.4, -0.2) is 17.1 Å². The summed E-state index contributed by atoms with van der Waals surface area (Å²) in [6.45, 7) is 12.1. The number of nitrogens with zero attached hydrogens (tertiary/aromatic N) is 2. The summed E-state index contributed by atoms with van der Waals surface area (Å²) in [6, 6.07) is 7.87. The fourth-order valence-electron chi connectivity index (χ4n) is 2.15. The zero-order chi connectivity index (χ0) is 18.4. The van der Waals surface area contributed by atoms with Gasteiger partial charge in [-0.15, -0.1) is 0 Å². The van der Waals surface area contributed by atoms with Crippen LogP contribution in [0.15, 0.2) is 48.1 Å². The zero-order valence-electron chi connectivity index (χ0n) is 16.3. The summed E-state index contributed by atoms with van der Waals surface area (Å²) in [5.41, 5.74) is 3.99. The Morgan fingerprint density at radius 2 is 1.58 bits per heavy atom. The van der Waals surface area contributed by atoms with Gasteiger partial charge in [0.2, 0.25) is 5.88 Å². The highest BCUT2D eigenvalue weighted by atomic mass is 16.5. The van der Waals surface area contributed by atoms with Crippen LogP contribution in [0.2, 0.25) is 0 Å². The molecular weight excluding hydrogens is 296 g/mol. The van der Waals surface area contributed by atoms with E-state index in [9.17, 15) is 0 Å². The molecule has 3 heteroatoms. The number of aromatic nitrogens is 2.